The Morgan fingerprint density at radius 3 is 2.67 bits per heavy atom. The Hall–Kier alpha value is -2.10. The molecule has 2 amide bonds. The van der Waals surface area contributed by atoms with Gasteiger partial charge in [0.15, 0.2) is 0 Å². The Morgan fingerprint density at radius 1 is 1.38 bits per heavy atom. The molecule has 21 heavy (non-hydrogen) atoms. The summed E-state index contributed by atoms with van der Waals surface area (Å²) in [6, 6.07) is 8.78. The molecule has 1 aromatic rings. The molecular weight excluding hydrogens is 266 g/mol. The Balaban J connectivity index is 1.77. The van der Waals surface area contributed by atoms with Gasteiger partial charge in [-0.25, -0.2) is 4.79 Å². The van der Waals surface area contributed by atoms with Crippen molar-refractivity contribution in [2.75, 3.05) is 51.6 Å². The van der Waals surface area contributed by atoms with Crippen LogP contribution < -0.4 is 10.6 Å². The highest BCUT2D eigenvalue weighted by atomic mass is 16.2. The molecule has 0 saturated carbocycles. The van der Waals surface area contributed by atoms with Crippen molar-refractivity contribution in [3.63, 3.8) is 0 Å². The van der Waals surface area contributed by atoms with Gasteiger partial charge in [0.1, 0.15) is 0 Å². The minimum atomic E-state index is -0.130. The lowest BCUT2D eigenvalue weighted by Gasteiger charge is -2.29. The van der Waals surface area contributed by atoms with Crippen molar-refractivity contribution in [3.8, 4) is 6.07 Å². The molecule has 0 aliphatic carbocycles. The number of benzene rings is 1. The van der Waals surface area contributed by atoms with Crippen molar-refractivity contribution in [1.29, 1.82) is 5.26 Å². The van der Waals surface area contributed by atoms with Crippen LogP contribution in [0, 0.1) is 11.3 Å². The fraction of sp³-hybridized carbons (Fsp3) is 0.467. The van der Waals surface area contributed by atoms with E-state index in [2.05, 4.69) is 21.6 Å². The molecule has 0 bridgehead atoms. The van der Waals surface area contributed by atoms with Crippen molar-refractivity contribution < 1.29 is 4.79 Å². The molecule has 0 spiro atoms. The zero-order valence-electron chi connectivity index (χ0n) is 12.3. The second-order valence-electron chi connectivity index (χ2n) is 5.13. The summed E-state index contributed by atoms with van der Waals surface area (Å²) in [5.74, 6) is 0. The van der Waals surface area contributed by atoms with Gasteiger partial charge in [0, 0.05) is 52.0 Å². The Kier molecular flexibility index (Phi) is 5.55. The third-order valence-corrected chi connectivity index (χ3v) is 3.57. The van der Waals surface area contributed by atoms with Gasteiger partial charge in [0.25, 0.3) is 0 Å². The van der Waals surface area contributed by atoms with Crippen LogP contribution in [0.15, 0.2) is 24.3 Å². The topological polar surface area (TPSA) is 71.4 Å². The molecule has 0 aromatic heterocycles. The Morgan fingerprint density at radius 2 is 2.05 bits per heavy atom. The van der Waals surface area contributed by atoms with Gasteiger partial charge < -0.3 is 15.5 Å². The van der Waals surface area contributed by atoms with E-state index in [1.807, 2.05) is 0 Å². The summed E-state index contributed by atoms with van der Waals surface area (Å²) in [5, 5.41) is 14.9. The maximum atomic E-state index is 12.1. The van der Waals surface area contributed by atoms with Crippen molar-refractivity contribution in [1.82, 2.24) is 15.1 Å². The van der Waals surface area contributed by atoms with Crippen LogP contribution in [-0.4, -0.2) is 62.1 Å². The van der Waals surface area contributed by atoms with E-state index in [9.17, 15) is 4.79 Å². The van der Waals surface area contributed by atoms with Crippen LogP contribution in [-0.2, 0) is 0 Å². The van der Waals surface area contributed by atoms with Gasteiger partial charge in [0.05, 0.1) is 11.6 Å². The first-order valence-corrected chi connectivity index (χ1v) is 7.14. The van der Waals surface area contributed by atoms with Gasteiger partial charge in [0.2, 0.25) is 0 Å². The lowest BCUT2D eigenvalue weighted by molar-refractivity contribution is 0.197. The molecule has 1 saturated heterocycles. The van der Waals surface area contributed by atoms with E-state index in [-0.39, 0.29) is 6.03 Å². The number of rotatable bonds is 4. The summed E-state index contributed by atoms with van der Waals surface area (Å²) in [4.78, 5) is 16.1. The molecule has 0 radical (unpaired) electrons. The molecule has 2 rings (SSSR count). The fourth-order valence-corrected chi connectivity index (χ4v) is 2.17. The van der Waals surface area contributed by atoms with Crippen LogP contribution in [0.2, 0.25) is 0 Å². The molecule has 1 heterocycles. The molecule has 0 atom stereocenters. The minimum absolute atomic E-state index is 0.130. The number of carbonyl (C=O) groups is 1. The Labute approximate surface area is 125 Å². The van der Waals surface area contributed by atoms with Crippen LogP contribution in [0.4, 0.5) is 10.5 Å². The second kappa shape index (κ2) is 7.62. The molecule has 2 N–H and O–H groups in total. The number of anilines is 1. The maximum absolute atomic E-state index is 12.1. The summed E-state index contributed by atoms with van der Waals surface area (Å²) in [7, 11) is 1.79. The van der Waals surface area contributed by atoms with Crippen molar-refractivity contribution in [3.05, 3.63) is 29.8 Å². The largest absolute Gasteiger partial charge is 0.326 e. The summed E-state index contributed by atoms with van der Waals surface area (Å²) >= 11 is 0. The van der Waals surface area contributed by atoms with Crippen LogP contribution in [0.5, 0.6) is 0 Å². The van der Waals surface area contributed by atoms with Gasteiger partial charge in [-0.15, -0.1) is 0 Å². The van der Waals surface area contributed by atoms with E-state index in [0.29, 0.717) is 17.8 Å². The molecule has 1 aliphatic rings. The smallest absolute Gasteiger partial charge is 0.321 e. The van der Waals surface area contributed by atoms with E-state index < -0.39 is 0 Å². The van der Waals surface area contributed by atoms with E-state index in [4.69, 9.17) is 5.26 Å². The van der Waals surface area contributed by atoms with Crippen LogP contribution in [0.25, 0.3) is 0 Å². The van der Waals surface area contributed by atoms with E-state index >= 15 is 0 Å². The molecule has 6 nitrogen and oxygen atoms in total. The number of piperazine rings is 1. The number of hydrogen-bond acceptors (Lipinski definition) is 4. The van der Waals surface area contributed by atoms with Gasteiger partial charge in [-0.3, -0.25) is 4.90 Å². The molecule has 1 aromatic carbocycles. The lowest BCUT2D eigenvalue weighted by Crippen LogP contribution is -2.46. The fourth-order valence-electron chi connectivity index (χ4n) is 2.17. The third-order valence-electron chi connectivity index (χ3n) is 3.57. The number of hydrogen-bond donors (Lipinski definition) is 2. The zero-order chi connectivity index (χ0) is 15.1. The molecule has 0 unspecified atom stereocenters. The predicted octanol–water partition coefficient (Wildman–Crippen LogP) is 0.927. The first-order valence-electron chi connectivity index (χ1n) is 7.14. The van der Waals surface area contributed by atoms with Gasteiger partial charge in [-0.2, -0.15) is 5.26 Å². The standard InChI is InChI=1S/C15H21N5O/c1-19(10-11-20-8-6-17-7-9-20)15(21)18-14-4-2-13(12-16)3-5-14/h2-5,17H,6-11H2,1H3,(H,18,21). The number of carbonyl (C=O) groups excluding carboxylic acids is 1. The highest BCUT2D eigenvalue weighted by Crippen LogP contribution is 2.09. The van der Waals surface area contributed by atoms with Crippen LogP contribution in [0.1, 0.15) is 5.56 Å². The van der Waals surface area contributed by atoms with Crippen molar-refractivity contribution in [2.45, 2.75) is 0 Å². The first-order chi connectivity index (χ1) is 10.2. The van der Waals surface area contributed by atoms with Crippen LogP contribution in [0.3, 0.4) is 0 Å². The lowest BCUT2D eigenvalue weighted by atomic mass is 10.2. The number of nitrogens with one attached hydrogen (secondary N) is 2. The number of amides is 2. The zero-order valence-corrected chi connectivity index (χ0v) is 12.3. The average Bonchev–Trinajstić information content (AvgIpc) is 2.54. The number of nitriles is 1. The maximum Gasteiger partial charge on any atom is 0.321 e. The monoisotopic (exact) mass is 287 g/mol. The van der Waals surface area contributed by atoms with Crippen molar-refractivity contribution >= 4 is 11.7 Å². The second-order valence-corrected chi connectivity index (χ2v) is 5.13. The van der Waals surface area contributed by atoms with E-state index in [0.717, 1.165) is 32.7 Å². The quantitative estimate of drug-likeness (QED) is 0.864. The Bertz CT molecular complexity index is 502. The van der Waals surface area contributed by atoms with Crippen molar-refractivity contribution in [2.24, 2.45) is 0 Å². The highest BCUT2D eigenvalue weighted by Gasteiger charge is 2.13. The van der Waals surface area contributed by atoms with Gasteiger partial charge in [-0.05, 0) is 24.3 Å². The summed E-state index contributed by atoms with van der Waals surface area (Å²) in [6.07, 6.45) is 0. The van der Waals surface area contributed by atoms with Crippen LogP contribution >= 0.6 is 0 Å². The van der Waals surface area contributed by atoms with E-state index in [1.165, 1.54) is 0 Å². The normalized spacial score (nSPS) is 15.2. The molecular formula is C15H21N5O. The summed E-state index contributed by atoms with van der Waals surface area (Å²) in [6.45, 7) is 5.68. The minimum Gasteiger partial charge on any atom is -0.326 e. The molecule has 6 heteroatoms. The molecule has 112 valence electrons. The molecule has 1 aliphatic heterocycles. The van der Waals surface area contributed by atoms with Gasteiger partial charge in [-0.1, -0.05) is 0 Å². The first kappa shape index (κ1) is 15.3. The van der Waals surface area contributed by atoms with E-state index in [1.54, 1.807) is 36.2 Å². The number of urea groups is 1. The SMILES string of the molecule is CN(CCN1CCNCC1)C(=O)Nc1ccc(C#N)cc1. The third kappa shape index (κ3) is 4.74. The van der Waals surface area contributed by atoms with Gasteiger partial charge >= 0.3 is 6.03 Å². The number of nitrogens with zero attached hydrogens (tertiary/aromatic N) is 3. The highest BCUT2D eigenvalue weighted by molar-refractivity contribution is 5.89. The number of likely N-dealkylation sites (N-methyl/N-ethyl adjacent to an activating group) is 1. The molecule has 1 fully saturated rings. The summed E-state index contributed by atoms with van der Waals surface area (Å²) in [5.41, 5.74) is 1.29. The predicted molar refractivity (Wildman–Crippen MR) is 82.1 cm³/mol. The summed E-state index contributed by atoms with van der Waals surface area (Å²) < 4.78 is 0. The average molecular weight is 287 g/mol.